The highest BCUT2D eigenvalue weighted by molar-refractivity contribution is 7.47. The fraction of sp³-hybridized carbons (Fsp3) is 0.557. The Morgan fingerprint density at radius 1 is 0.354 bits per heavy atom. The van der Waals surface area contributed by atoms with Crippen LogP contribution in [-0.4, -0.2) is 66.5 Å². The van der Waals surface area contributed by atoms with Gasteiger partial charge in [0, 0.05) is 19.3 Å². The van der Waals surface area contributed by atoms with Crippen LogP contribution >= 0.6 is 7.82 Å². The largest absolute Gasteiger partial charge is 0.472 e. The van der Waals surface area contributed by atoms with Gasteiger partial charge in [-0.25, -0.2) is 4.57 Å². The van der Waals surface area contributed by atoms with E-state index in [4.69, 9.17) is 23.3 Å². The van der Waals surface area contributed by atoms with Crippen LogP contribution < -0.4 is 0 Å². The molecule has 0 spiro atoms. The van der Waals surface area contributed by atoms with E-state index in [0.29, 0.717) is 32.1 Å². The number of carbonyl (C=O) groups is 3. The minimum atomic E-state index is -4.80. The highest BCUT2D eigenvalue weighted by Gasteiger charge is 2.28. The lowest BCUT2D eigenvalue weighted by atomic mass is 10.1. The molecular weight excluding hydrogens is 1050 g/mol. The number of unbranched alkanes of at least 4 members (excludes halogenated alkanes) is 10. The number of ether oxygens (including phenoxy) is 3. The summed E-state index contributed by atoms with van der Waals surface area (Å²) in [6.45, 7) is 4.21. The van der Waals surface area contributed by atoms with E-state index < -0.39 is 64.4 Å². The standard InChI is InChI=1S/C70H109O11P/c1-4-7-10-13-16-19-22-25-28-31-33-36-39-42-45-48-51-54-57-60-69(73)80-66(62-71)64-78-82(75,76)79-65-67(63-77-68(72)59-56-53-50-47-44-41-38-35-30-27-24-21-18-15-12-9-6-3)81-70(74)61-58-55-52-49-46-43-40-37-34-32-29-26-23-20-17-14-11-8-5-2/h8-9,11-12,16-21,25-30,33-34,36-38,41,43,46-47,50,52,55,66-67,71H,4-7,10,13-15,22-24,31-32,35,39-40,42,44-45,48-49,51,53-54,56-65H2,1-3H3,(H,75,76)/b11-8-,12-9-,19-16-,20-17-,21-18-,28-25-,29-26-,30-27-,36-33-,37-34-,41-38-,46-43-,50-47-,55-52-. The second-order valence-corrected chi connectivity index (χ2v) is 21.2. The maximum absolute atomic E-state index is 12.9. The third-order valence-corrected chi connectivity index (χ3v) is 13.1. The van der Waals surface area contributed by atoms with E-state index in [1.54, 1.807) is 0 Å². The van der Waals surface area contributed by atoms with Crippen molar-refractivity contribution in [3.63, 3.8) is 0 Å². The number of aliphatic hydroxyl groups is 1. The van der Waals surface area contributed by atoms with Crippen molar-refractivity contribution in [2.45, 2.75) is 226 Å². The molecule has 0 aromatic carbocycles. The number of allylic oxidation sites excluding steroid dienone is 28. The molecule has 3 unspecified atom stereocenters. The van der Waals surface area contributed by atoms with Crippen molar-refractivity contribution in [2.24, 2.45) is 0 Å². The van der Waals surface area contributed by atoms with E-state index in [1.165, 1.54) is 25.7 Å². The molecule has 82 heavy (non-hydrogen) atoms. The SMILES string of the molecule is CC/C=C\C/C=C\C/C=C\C/C=C\C/C=C\C/C=C\CCC(=O)OC(COC(=O)CCC/C=C\C/C=C\C/C=C\C/C=C\C/C=C\CC)COP(=O)(O)OCC(CO)OC(=O)CCCCCCCC/C=C\C/C=C\C/C=C\CCCCC. The second-order valence-electron chi connectivity index (χ2n) is 19.7. The molecule has 0 saturated carbocycles. The van der Waals surface area contributed by atoms with Gasteiger partial charge >= 0.3 is 25.7 Å². The van der Waals surface area contributed by atoms with Gasteiger partial charge in [0.2, 0.25) is 0 Å². The summed E-state index contributed by atoms with van der Waals surface area (Å²) in [5.41, 5.74) is 0. The van der Waals surface area contributed by atoms with Crippen LogP contribution in [-0.2, 0) is 42.2 Å². The third-order valence-electron chi connectivity index (χ3n) is 12.1. The number of aliphatic hydroxyl groups excluding tert-OH is 1. The first-order valence-corrected chi connectivity index (χ1v) is 32.5. The molecule has 0 rings (SSSR count). The summed E-state index contributed by atoms with van der Waals surface area (Å²) in [7, 11) is -4.80. The maximum Gasteiger partial charge on any atom is 0.472 e. The van der Waals surface area contributed by atoms with E-state index in [-0.39, 0.29) is 19.3 Å². The first-order valence-electron chi connectivity index (χ1n) is 31.0. The smallest absolute Gasteiger partial charge is 0.462 e. The molecule has 0 bridgehead atoms. The zero-order valence-electron chi connectivity index (χ0n) is 50.9. The van der Waals surface area contributed by atoms with Gasteiger partial charge in [-0.1, -0.05) is 229 Å². The van der Waals surface area contributed by atoms with Crippen LogP contribution in [0.15, 0.2) is 170 Å². The Kier molecular flexibility index (Phi) is 58.0. The first kappa shape index (κ1) is 76.8. The molecule has 0 saturated heterocycles. The van der Waals surface area contributed by atoms with Crippen LogP contribution in [0.1, 0.15) is 213 Å². The van der Waals surface area contributed by atoms with Gasteiger partial charge in [-0.15, -0.1) is 0 Å². The highest BCUT2D eigenvalue weighted by Crippen LogP contribution is 2.43. The van der Waals surface area contributed by atoms with Crippen molar-refractivity contribution >= 4 is 25.7 Å². The van der Waals surface area contributed by atoms with E-state index in [1.807, 2.05) is 24.3 Å². The number of rotatable bonds is 55. The van der Waals surface area contributed by atoms with E-state index in [9.17, 15) is 28.9 Å². The lowest BCUT2D eigenvalue weighted by Gasteiger charge is -2.21. The summed E-state index contributed by atoms with van der Waals surface area (Å²) >= 11 is 0. The zero-order chi connectivity index (χ0) is 59.8. The van der Waals surface area contributed by atoms with E-state index in [0.717, 1.165) is 116 Å². The van der Waals surface area contributed by atoms with Crippen LogP contribution in [0.25, 0.3) is 0 Å². The van der Waals surface area contributed by atoms with Crippen LogP contribution in [0.5, 0.6) is 0 Å². The molecule has 0 amide bonds. The van der Waals surface area contributed by atoms with Crippen molar-refractivity contribution in [2.75, 3.05) is 26.4 Å². The summed E-state index contributed by atoms with van der Waals surface area (Å²) < 4.78 is 39.5. The quantitative estimate of drug-likeness (QED) is 0.0197. The van der Waals surface area contributed by atoms with Gasteiger partial charge < -0.3 is 24.2 Å². The Morgan fingerprint density at radius 3 is 1.09 bits per heavy atom. The highest BCUT2D eigenvalue weighted by atomic mass is 31.2. The lowest BCUT2D eigenvalue weighted by Crippen LogP contribution is -2.30. The summed E-state index contributed by atoms with van der Waals surface area (Å²) in [6, 6.07) is 0. The van der Waals surface area contributed by atoms with Crippen LogP contribution in [0, 0.1) is 0 Å². The predicted molar refractivity (Wildman–Crippen MR) is 343 cm³/mol. The summed E-state index contributed by atoms with van der Waals surface area (Å²) in [4.78, 5) is 48.7. The minimum Gasteiger partial charge on any atom is -0.462 e. The molecule has 0 heterocycles. The summed E-state index contributed by atoms with van der Waals surface area (Å²) in [5, 5.41) is 9.85. The van der Waals surface area contributed by atoms with E-state index >= 15 is 0 Å². The number of phosphoric ester groups is 1. The zero-order valence-corrected chi connectivity index (χ0v) is 51.8. The molecule has 0 aliphatic rings. The first-order chi connectivity index (χ1) is 40.2. The van der Waals surface area contributed by atoms with Crippen LogP contribution in [0.3, 0.4) is 0 Å². The number of hydrogen-bond acceptors (Lipinski definition) is 10. The molecule has 0 radical (unpaired) electrons. The molecule has 0 aromatic heterocycles. The Balaban J connectivity index is 4.91. The van der Waals surface area contributed by atoms with Crippen LogP contribution in [0.2, 0.25) is 0 Å². The Morgan fingerprint density at radius 2 is 0.671 bits per heavy atom. The average Bonchev–Trinajstić information content (AvgIpc) is 3.50. The molecule has 12 heteroatoms. The predicted octanol–water partition coefficient (Wildman–Crippen LogP) is 19.0. The Labute approximate surface area is 497 Å². The summed E-state index contributed by atoms with van der Waals surface area (Å²) in [6.07, 6.45) is 83.3. The molecule has 0 fully saturated rings. The molecule has 11 nitrogen and oxygen atoms in total. The summed E-state index contributed by atoms with van der Waals surface area (Å²) in [5.74, 6) is -1.67. The molecule has 2 N–H and O–H groups in total. The second kappa shape index (κ2) is 61.9. The van der Waals surface area contributed by atoms with Gasteiger partial charge in [0.05, 0.1) is 19.8 Å². The van der Waals surface area contributed by atoms with Gasteiger partial charge in [0.1, 0.15) is 12.7 Å². The van der Waals surface area contributed by atoms with Crippen molar-refractivity contribution in [3.8, 4) is 0 Å². The van der Waals surface area contributed by atoms with Gasteiger partial charge in [-0.05, 0) is 135 Å². The van der Waals surface area contributed by atoms with Crippen molar-refractivity contribution < 1.29 is 52.2 Å². The lowest BCUT2D eigenvalue weighted by molar-refractivity contribution is -0.161. The number of hydrogen-bond donors (Lipinski definition) is 2. The molecule has 460 valence electrons. The number of esters is 3. The van der Waals surface area contributed by atoms with Crippen molar-refractivity contribution in [1.82, 2.24) is 0 Å². The molecule has 0 aromatic rings. The third kappa shape index (κ3) is 59.5. The van der Waals surface area contributed by atoms with Crippen molar-refractivity contribution in [1.29, 1.82) is 0 Å². The molecule has 0 aliphatic heterocycles. The number of carbonyl (C=O) groups excluding carboxylic acids is 3. The van der Waals surface area contributed by atoms with Gasteiger partial charge in [-0.3, -0.25) is 23.4 Å². The van der Waals surface area contributed by atoms with Crippen molar-refractivity contribution in [3.05, 3.63) is 170 Å². The maximum atomic E-state index is 12.9. The molecular formula is C70H109O11P. The fourth-order valence-corrected chi connectivity index (χ4v) is 8.27. The fourth-order valence-electron chi connectivity index (χ4n) is 7.48. The monoisotopic (exact) mass is 1160 g/mol. The Bertz CT molecular complexity index is 2030. The van der Waals surface area contributed by atoms with Gasteiger partial charge in [-0.2, -0.15) is 0 Å². The van der Waals surface area contributed by atoms with Crippen LogP contribution in [0.4, 0.5) is 0 Å². The van der Waals surface area contributed by atoms with E-state index in [2.05, 4.69) is 167 Å². The van der Waals surface area contributed by atoms with Gasteiger partial charge in [0.15, 0.2) is 6.10 Å². The minimum absolute atomic E-state index is 0.0189. The molecule has 0 aliphatic carbocycles. The van der Waals surface area contributed by atoms with Gasteiger partial charge in [0.25, 0.3) is 0 Å². The topological polar surface area (TPSA) is 155 Å². The number of phosphoric acid groups is 1. The normalized spacial score (nSPS) is 14.5. The average molecular weight is 1160 g/mol. The molecule has 3 atom stereocenters. The Hall–Kier alpha value is -5.16.